The molecule has 1 heterocycles. The molecule has 68 valence electrons. The smallest absolute Gasteiger partial charge is 0.281 e. The molecule has 8 heteroatoms. The molecule has 4 nitrogen and oxygen atoms in total. The zero-order chi connectivity index (χ0) is 9.19. The lowest BCUT2D eigenvalue weighted by Crippen LogP contribution is -2.03. The number of rotatable bonds is 1. The molecule has 12 heavy (non-hydrogen) atoms. The van der Waals surface area contributed by atoms with Crippen LogP contribution in [0.25, 0.3) is 0 Å². The molecule has 0 aromatic heterocycles. The summed E-state index contributed by atoms with van der Waals surface area (Å²) in [6.07, 6.45) is 4.23. The van der Waals surface area contributed by atoms with Crippen molar-refractivity contribution in [1.29, 1.82) is 0 Å². The maximum atomic E-state index is 11.8. The highest BCUT2D eigenvalue weighted by Crippen LogP contribution is 2.51. The van der Waals surface area contributed by atoms with E-state index in [1.807, 2.05) is 0 Å². The highest BCUT2D eigenvalue weighted by molar-refractivity contribution is 7.82. The lowest BCUT2D eigenvalue weighted by atomic mass is 10.4. The lowest BCUT2D eigenvalue weighted by Gasteiger charge is -1.94. The van der Waals surface area contributed by atoms with Crippen LogP contribution >= 0.6 is 7.91 Å². The van der Waals surface area contributed by atoms with Gasteiger partial charge in [0.2, 0.25) is 0 Å². The Morgan fingerprint density at radius 3 is 2.83 bits per heavy atom. The Bertz CT molecular complexity index is 295. The van der Waals surface area contributed by atoms with Crippen LogP contribution in [0.1, 0.15) is 0 Å². The molecule has 1 aliphatic rings. The molecule has 0 saturated carbocycles. The fourth-order valence-corrected chi connectivity index (χ4v) is 2.04. The molecule has 0 spiro atoms. The third-order valence-electron chi connectivity index (χ3n) is 0.866. The Balaban J connectivity index is 2.65. The normalized spacial score (nSPS) is 30.4. The molecule has 2 unspecified atom stereocenters. The fourth-order valence-electron chi connectivity index (χ4n) is 0.471. The van der Waals surface area contributed by atoms with E-state index in [1.165, 1.54) is 0 Å². The van der Waals surface area contributed by atoms with Crippen LogP contribution in [0.2, 0.25) is 0 Å². The molecule has 0 aliphatic carbocycles. The molecule has 0 amide bonds. The minimum atomic E-state index is -5.43. The molecular weight excluding hydrogens is 211 g/mol. The monoisotopic (exact) mass is 215 g/mol. The number of halogens is 2. The quantitative estimate of drug-likeness (QED) is 0.494. The summed E-state index contributed by atoms with van der Waals surface area (Å²) in [5.41, 5.74) is 0. The Hall–Kier alpha value is -0.280. The van der Waals surface area contributed by atoms with Crippen LogP contribution in [-0.2, 0) is 24.2 Å². The second-order valence-corrected chi connectivity index (χ2v) is 4.15. The van der Waals surface area contributed by atoms with Crippen LogP contribution in [0.5, 0.6) is 0 Å². The summed E-state index contributed by atoms with van der Waals surface area (Å²) in [5, 5.41) is 0. The second kappa shape index (κ2) is 3.62. The third kappa shape index (κ3) is 2.99. The van der Waals surface area contributed by atoms with Gasteiger partial charge in [0.25, 0.3) is 0 Å². The summed E-state index contributed by atoms with van der Waals surface area (Å²) in [5.74, 6) is 2.14. The van der Waals surface area contributed by atoms with Gasteiger partial charge in [-0.1, -0.05) is 10.1 Å². The highest BCUT2D eigenvalue weighted by atomic mass is 32.2. The Morgan fingerprint density at radius 2 is 2.42 bits per heavy atom. The predicted octanol–water partition coefficient (Wildman–Crippen LogP) is 1.71. The van der Waals surface area contributed by atoms with Crippen LogP contribution in [0.3, 0.4) is 0 Å². The van der Waals surface area contributed by atoms with Crippen molar-refractivity contribution >= 4 is 19.2 Å². The summed E-state index contributed by atoms with van der Waals surface area (Å²) in [7, 11) is -5.43. The first-order valence-electron chi connectivity index (χ1n) is 2.75. The molecule has 1 aliphatic heterocycles. The largest absolute Gasteiger partial charge is 0.539 e. The number of hydrogen-bond acceptors (Lipinski definition) is 3. The van der Waals surface area contributed by atoms with E-state index in [2.05, 4.69) is 18.4 Å². The number of nitrogens with zero attached hydrogens (tertiary/aromatic N) is 1. The zero-order valence-corrected chi connectivity index (χ0v) is 7.36. The van der Waals surface area contributed by atoms with Crippen molar-refractivity contribution in [2.75, 3.05) is 6.61 Å². The minimum Gasteiger partial charge on any atom is -0.281 e. The van der Waals surface area contributed by atoms with Gasteiger partial charge in [-0.3, -0.25) is 8.37 Å². The standard InChI is InChI=1S/C4H4F2NO3PS/c1-2-4-3-9-12(10-4)7-11(5,6)8/h1,4H,3H2. The van der Waals surface area contributed by atoms with Crippen LogP contribution in [0, 0.1) is 12.3 Å². The number of terminal acetylenes is 1. The van der Waals surface area contributed by atoms with Crippen LogP contribution in [0.4, 0.5) is 8.39 Å². The molecule has 2 atom stereocenters. The van der Waals surface area contributed by atoms with Gasteiger partial charge in [-0.15, -0.1) is 14.8 Å². The Labute approximate surface area is 70.4 Å². The zero-order valence-electron chi connectivity index (χ0n) is 5.65. The summed E-state index contributed by atoms with van der Waals surface area (Å²) >= 11 is -1.76. The molecule has 0 aromatic carbocycles. The van der Waals surface area contributed by atoms with Crippen LogP contribution < -0.4 is 0 Å². The first kappa shape index (κ1) is 9.81. The first-order valence-corrected chi connectivity index (χ1v) is 5.22. The van der Waals surface area contributed by atoms with E-state index in [4.69, 9.17) is 6.42 Å². The van der Waals surface area contributed by atoms with E-state index in [0.717, 1.165) is 0 Å². The van der Waals surface area contributed by atoms with E-state index in [0.29, 0.717) is 0 Å². The Kier molecular flexibility index (Phi) is 2.96. The van der Waals surface area contributed by atoms with Gasteiger partial charge in [0.1, 0.15) is 6.61 Å². The van der Waals surface area contributed by atoms with Gasteiger partial charge in [-0.2, -0.15) is 0 Å². The van der Waals surface area contributed by atoms with Gasteiger partial charge in [0, 0.05) is 0 Å². The SMILES string of the molecule is C#CC1COS(=NP(=O)(F)F)O1. The third-order valence-corrected chi connectivity index (χ3v) is 2.89. The topological polar surface area (TPSA) is 47.9 Å². The molecule has 0 radical (unpaired) electrons. The van der Waals surface area contributed by atoms with Crippen molar-refractivity contribution < 1.29 is 21.3 Å². The molecule has 0 N–H and O–H groups in total. The van der Waals surface area contributed by atoms with E-state index >= 15 is 0 Å². The fraction of sp³-hybridized carbons (Fsp3) is 0.500. The highest BCUT2D eigenvalue weighted by Gasteiger charge is 2.26. The molecular formula is C4H4F2NO3PS. The van der Waals surface area contributed by atoms with Crippen LogP contribution in [0.15, 0.2) is 4.13 Å². The van der Waals surface area contributed by atoms with Gasteiger partial charge in [0.15, 0.2) is 17.4 Å². The maximum Gasteiger partial charge on any atom is 0.539 e. The van der Waals surface area contributed by atoms with E-state index in [-0.39, 0.29) is 6.61 Å². The average Bonchev–Trinajstić information content (AvgIpc) is 2.32. The molecule has 1 fully saturated rings. The van der Waals surface area contributed by atoms with Crippen molar-refractivity contribution in [3.8, 4) is 12.3 Å². The van der Waals surface area contributed by atoms with E-state index in [9.17, 15) is 13.0 Å². The molecule has 0 aromatic rings. The van der Waals surface area contributed by atoms with Crippen molar-refractivity contribution in [3.05, 3.63) is 0 Å². The van der Waals surface area contributed by atoms with Gasteiger partial charge in [-0.05, 0) is 0 Å². The molecule has 1 saturated heterocycles. The average molecular weight is 215 g/mol. The van der Waals surface area contributed by atoms with Gasteiger partial charge in [0.05, 0.1) is 0 Å². The molecule has 0 bridgehead atoms. The lowest BCUT2D eigenvalue weighted by molar-refractivity contribution is 0.303. The first-order chi connectivity index (χ1) is 5.51. The van der Waals surface area contributed by atoms with E-state index < -0.39 is 25.3 Å². The summed E-state index contributed by atoms with van der Waals surface area (Å²) < 4.78 is 45.2. The van der Waals surface area contributed by atoms with Gasteiger partial charge in [-0.25, -0.2) is 4.57 Å². The predicted molar refractivity (Wildman–Crippen MR) is 39.3 cm³/mol. The summed E-state index contributed by atoms with van der Waals surface area (Å²) in [6.45, 7) is 0.00309. The number of hydrogen-bond donors (Lipinski definition) is 0. The van der Waals surface area contributed by atoms with Crippen molar-refractivity contribution in [2.45, 2.75) is 6.10 Å². The van der Waals surface area contributed by atoms with Crippen molar-refractivity contribution in [2.24, 2.45) is 4.13 Å². The summed E-state index contributed by atoms with van der Waals surface area (Å²) in [4.78, 5) is 0. The van der Waals surface area contributed by atoms with Crippen LogP contribution in [-0.4, -0.2) is 12.7 Å². The van der Waals surface area contributed by atoms with Gasteiger partial charge >= 0.3 is 7.91 Å². The maximum absolute atomic E-state index is 11.8. The minimum absolute atomic E-state index is 0.00309. The van der Waals surface area contributed by atoms with Crippen molar-refractivity contribution in [3.63, 3.8) is 0 Å². The second-order valence-electron chi connectivity index (χ2n) is 1.77. The van der Waals surface area contributed by atoms with Crippen molar-refractivity contribution in [1.82, 2.24) is 0 Å². The summed E-state index contributed by atoms with van der Waals surface area (Å²) in [6, 6.07) is 0. The molecule has 1 rings (SSSR count). The van der Waals surface area contributed by atoms with E-state index in [1.54, 1.807) is 0 Å². The Morgan fingerprint density at radius 1 is 1.75 bits per heavy atom. The van der Waals surface area contributed by atoms with Gasteiger partial charge < -0.3 is 0 Å².